The Labute approximate surface area is 178 Å². The first-order chi connectivity index (χ1) is 14.0. The third-order valence-electron chi connectivity index (χ3n) is 4.54. The van der Waals surface area contributed by atoms with E-state index in [0.29, 0.717) is 10.8 Å². The topological polar surface area (TPSA) is 51.2 Å². The standard InChI is InChI=1S/C23H19ClN2O2S/c1-14-11-16(23-26-19-5-3-4-6-21(19)29-23)7-9-18(14)25-22(27)13-28-20-10-8-17(24)12-15(20)2/h3-12H,13H2,1-2H3,(H,25,27). The van der Waals surface area contributed by atoms with Crippen LogP contribution in [0.3, 0.4) is 0 Å². The monoisotopic (exact) mass is 422 g/mol. The number of carbonyl (C=O) groups excluding carboxylic acids is 1. The highest BCUT2D eigenvalue weighted by Gasteiger charge is 2.11. The molecule has 0 radical (unpaired) electrons. The number of nitrogens with one attached hydrogen (secondary N) is 1. The van der Waals surface area contributed by atoms with E-state index in [0.717, 1.165) is 37.6 Å². The minimum absolute atomic E-state index is 0.0679. The largest absolute Gasteiger partial charge is 0.483 e. The molecule has 0 saturated heterocycles. The van der Waals surface area contributed by atoms with Crippen molar-refractivity contribution in [3.05, 3.63) is 76.8 Å². The second-order valence-corrected chi connectivity index (χ2v) is 8.23. The molecule has 0 aliphatic carbocycles. The Hall–Kier alpha value is -2.89. The fourth-order valence-electron chi connectivity index (χ4n) is 3.04. The van der Waals surface area contributed by atoms with Crippen LogP contribution in [0.2, 0.25) is 5.02 Å². The van der Waals surface area contributed by atoms with Gasteiger partial charge in [0.05, 0.1) is 10.2 Å². The summed E-state index contributed by atoms with van der Waals surface area (Å²) in [5, 5.41) is 4.52. The molecule has 1 amide bonds. The molecule has 6 heteroatoms. The van der Waals surface area contributed by atoms with E-state index in [2.05, 4.69) is 11.4 Å². The molecule has 0 bridgehead atoms. The number of benzene rings is 3. The molecule has 4 rings (SSSR count). The van der Waals surface area contributed by atoms with Crippen molar-refractivity contribution in [3.8, 4) is 16.3 Å². The lowest BCUT2D eigenvalue weighted by molar-refractivity contribution is -0.118. The van der Waals surface area contributed by atoms with E-state index in [-0.39, 0.29) is 12.5 Å². The Bertz CT molecular complexity index is 1170. The average molecular weight is 423 g/mol. The third-order valence-corrected chi connectivity index (χ3v) is 5.86. The summed E-state index contributed by atoms with van der Waals surface area (Å²) >= 11 is 7.60. The van der Waals surface area contributed by atoms with Gasteiger partial charge in [-0.05, 0) is 73.5 Å². The SMILES string of the molecule is Cc1cc(-c2nc3ccccc3s2)ccc1NC(=O)COc1ccc(Cl)cc1C. The van der Waals surface area contributed by atoms with Crippen molar-refractivity contribution in [1.82, 2.24) is 4.98 Å². The van der Waals surface area contributed by atoms with Gasteiger partial charge in [-0.1, -0.05) is 23.7 Å². The van der Waals surface area contributed by atoms with E-state index in [1.165, 1.54) is 0 Å². The number of aryl methyl sites for hydroxylation is 2. The molecular formula is C23H19ClN2O2S. The second-order valence-electron chi connectivity index (χ2n) is 6.76. The first-order valence-electron chi connectivity index (χ1n) is 9.15. The number of fused-ring (bicyclic) bond motifs is 1. The van der Waals surface area contributed by atoms with Gasteiger partial charge in [0.1, 0.15) is 10.8 Å². The van der Waals surface area contributed by atoms with Crippen LogP contribution in [0.15, 0.2) is 60.7 Å². The maximum atomic E-state index is 12.3. The quantitative estimate of drug-likeness (QED) is 0.413. The smallest absolute Gasteiger partial charge is 0.262 e. The molecule has 0 atom stereocenters. The van der Waals surface area contributed by atoms with Gasteiger partial charge in [-0.25, -0.2) is 4.98 Å². The van der Waals surface area contributed by atoms with Gasteiger partial charge >= 0.3 is 0 Å². The zero-order chi connectivity index (χ0) is 20.4. The van der Waals surface area contributed by atoms with E-state index in [1.54, 1.807) is 29.5 Å². The fraction of sp³-hybridized carbons (Fsp3) is 0.130. The maximum Gasteiger partial charge on any atom is 0.262 e. The molecular weight excluding hydrogens is 404 g/mol. The predicted octanol–water partition coefficient (Wildman–Crippen LogP) is 6.25. The molecule has 0 spiro atoms. The van der Waals surface area contributed by atoms with Crippen LogP contribution in [0, 0.1) is 13.8 Å². The second kappa shape index (κ2) is 8.23. The normalized spacial score (nSPS) is 10.9. The lowest BCUT2D eigenvalue weighted by Gasteiger charge is -2.12. The van der Waals surface area contributed by atoms with Crippen LogP contribution in [-0.2, 0) is 4.79 Å². The lowest BCUT2D eigenvalue weighted by Crippen LogP contribution is -2.20. The van der Waals surface area contributed by atoms with Gasteiger partial charge in [0.15, 0.2) is 6.61 Å². The first kappa shape index (κ1) is 19.4. The van der Waals surface area contributed by atoms with Crippen LogP contribution in [-0.4, -0.2) is 17.5 Å². The van der Waals surface area contributed by atoms with Crippen molar-refractivity contribution >= 4 is 44.7 Å². The van der Waals surface area contributed by atoms with Crippen molar-refractivity contribution in [1.29, 1.82) is 0 Å². The van der Waals surface area contributed by atoms with Gasteiger partial charge < -0.3 is 10.1 Å². The molecule has 1 N–H and O–H groups in total. The maximum absolute atomic E-state index is 12.3. The summed E-state index contributed by atoms with van der Waals surface area (Å²) in [7, 11) is 0. The summed E-state index contributed by atoms with van der Waals surface area (Å²) in [5.41, 5.74) is 4.66. The molecule has 3 aromatic carbocycles. The highest BCUT2D eigenvalue weighted by Crippen LogP contribution is 2.32. The lowest BCUT2D eigenvalue weighted by atomic mass is 10.1. The minimum atomic E-state index is -0.213. The number of amides is 1. The van der Waals surface area contributed by atoms with Crippen LogP contribution in [0.5, 0.6) is 5.75 Å². The molecule has 0 fully saturated rings. The number of para-hydroxylation sites is 1. The van der Waals surface area contributed by atoms with Crippen molar-refractivity contribution in [3.63, 3.8) is 0 Å². The van der Waals surface area contributed by atoms with Gasteiger partial charge in [-0.15, -0.1) is 11.3 Å². The number of thiazole rings is 1. The summed E-state index contributed by atoms with van der Waals surface area (Å²) in [6, 6.07) is 19.3. The number of rotatable bonds is 5. The number of anilines is 1. The van der Waals surface area contributed by atoms with Crippen LogP contribution in [0.4, 0.5) is 5.69 Å². The molecule has 1 aromatic heterocycles. The summed E-state index contributed by atoms with van der Waals surface area (Å²) in [5.74, 6) is 0.433. The van der Waals surface area contributed by atoms with Gasteiger partial charge in [-0.3, -0.25) is 4.79 Å². The number of ether oxygens (including phenoxy) is 1. The van der Waals surface area contributed by atoms with Gasteiger partial charge in [0, 0.05) is 16.3 Å². The van der Waals surface area contributed by atoms with E-state index in [1.807, 2.05) is 50.2 Å². The number of nitrogens with zero attached hydrogens (tertiary/aromatic N) is 1. The van der Waals surface area contributed by atoms with Gasteiger partial charge in [-0.2, -0.15) is 0 Å². The molecule has 4 nitrogen and oxygen atoms in total. The number of halogens is 1. The fourth-order valence-corrected chi connectivity index (χ4v) is 4.23. The third kappa shape index (κ3) is 4.42. The van der Waals surface area contributed by atoms with Crippen LogP contribution in [0.1, 0.15) is 11.1 Å². The summed E-state index contributed by atoms with van der Waals surface area (Å²) < 4.78 is 6.77. The van der Waals surface area contributed by atoms with Crippen molar-refractivity contribution < 1.29 is 9.53 Å². The molecule has 0 aliphatic heterocycles. The Morgan fingerprint density at radius 1 is 1.07 bits per heavy atom. The van der Waals surface area contributed by atoms with Gasteiger partial charge in [0.25, 0.3) is 5.91 Å². The van der Waals surface area contributed by atoms with E-state index >= 15 is 0 Å². The number of hydrogen-bond acceptors (Lipinski definition) is 4. The Balaban J connectivity index is 1.44. The van der Waals surface area contributed by atoms with Crippen molar-refractivity contribution in [2.75, 3.05) is 11.9 Å². The number of hydrogen-bond donors (Lipinski definition) is 1. The number of carbonyl (C=O) groups is 1. The molecule has 29 heavy (non-hydrogen) atoms. The highest BCUT2D eigenvalue weighted by atomic mass is 35.5. The first-order valence-corrected chi connectivity index (χ1v) is 10.3. The predicted molar refractivity (Wildman–Crippen MR) is 120 cm³/mol. The molecule has 146 valence electrons. The van der Waals surface area contributed by atoms with E-state index < -0.39 is 0 Å². The highest BCUT2D eigenvalue weighted by molar-refractivity contribution is 7.21. The van der Waals surface area contributed by atoms with Crippen molar-refractivity contribution in [2.45, 2.75) is 13.8 Å². The Morgan fingerprint density at radius 2 is 1.90 bits per heavy atom. The van der Waals surface area contributed by atoms with Crippen LogP contribution in [0.25, 0.3) is 20.8 Å². The zero-order valence-corrected chi connectivity index (χ0v) is 17.6. The molecule has 0 aliphatic rings. The average Bonchev–Trinajstić information content (AvgIpc) is 3.13. The molecule has 4 aromatic rings. The molecule has 0 unspecified atom stereocenters. The van der Waals surface area contributed by atoms with Crippen LogP contribution >= 0.6 is 22.9 Å². The molecule has 1 heterocycles. The summed E-state index contributed by atoms with van der Waals surface area (Å²) in [4.78, 5) is 17.0. The molecule has 0 saturated carbocycles. The Kier molecular flexibility index (Phi) is 5.51. The zero-order valence-electron chi connectivity index (χ0n) is 16.0. The van der Waals surface area contributed by atoms with Crippen molar-refractivity contribution in [2.24, 2.45) is 0 Å². The minimum Gasteiger partial charge on any atom is -0.483 e. The van der Waals surface area contributed by atoms with Gasteiger partial charge in [0.2, 0.25) is 0 Å². The summed E-state index contributed by atoms with van der Waals surface area (Å²) in [6.07, 6.45) is 0. The van der Waals surface area contributed by atoms with Crippen LogP contribution < -0.4 is 10.1 Å². The van der Waals surface area contributed by atoms with E-state index in [4.69, 9.17) is 21.3 Å². The van der Waals surface area contributed by atoms with E-state index in [9.17, 15) is 4.79 Å². The Morgan fingerprint density at radius 3 is 2.66 bits per heavy atom. The summed E-state index contributed by atoms with van der Waals surface area (Å²) in [6.45, 7) is 3.79. The number of aromatic nitrogens is 1.